The molecule has 0 heteroatoms. The van der Waals surface area contributed by atoms with Crippen LogP contribution in [0.25, 0.3) is 0 Å². The van der Waals surface area contributed by atoms with Gasteiger partial charge in [0.05, 0.1) is 0 Å². The number of rotatable bonds is 4. The molecule has 0 spiro atoms. The predicted octanol–water partition coefficient (Wildman–Crippen LogP) is 6.81. The molecule has 0 N–H and O–H groups in total. The van der Waals surface area contributed by atoms with Gasteiger partial charge in [0.2, 0.25) is 0 Å². The second-order valence-electron chi connectivity index (χ2n) is 9.29. The highest BCUT2D eigenvalue weighted by Gasteiger charge is 2.51. The molecule has 3 rings (SSSR count). The SMILES string of the molecule is C#Cc1cc(CCCCC)cc2c1C1C=C(C)CCC1(C)C(C)(C)C2. The summed E-state index contributed by atoms with van der Waals surface area (Å²) in [6.45, 7) is 12.0. The van der Waals surface area contributed by atoms with Gasteiger partial charge >= 0.3 is 0 Å². The van der Waals surface area contributed by atoms with Crippen LogP contribution in [0.4, 0.5) is 0 Å². The molecule has 1 aromatic rings. The van der Waals surface area contributed by atoms with Gasteiger partial charge in [0.15, 0.2) is 0 Å². The average molecular weight is 335 g/mol. The molecule has 0 nitrogen and oxygen atoms in total. The van der Waals surface area contributed by atoms with Crippen molar-refractivity contribution in [2.45, 2.75) is 85.5 Å². The Bertz CT molecular complexity index is 725. The largest absolute Gasteiger partial charge is 0.115 e. The molecule has 2 aliphatic rings. The summed E-state index contributed by atoms with van der Waals surface area (Å²) in [4.78, 5) is 0. The molecule has 25 heavy (non-hydrogen) atoms. The zero-order chi connectivity index (χ0) is 18.2. The van der Waals surface area contributed by atoms with E-state index in [0.29, 0.717) is 16.7 Å². The molecule has 0 heterocycles. The van der Waals surface area contributed by atoms with Gasteiger partial charge < -0.3 is 0 Å². The van der Waals surface area contributed by atoms with Crippen LogP contribution in [0.1, 0.15) is 94.9 Å². The third-order valence-corrected chi connectivity index (χ3v) is 7.22. The Balaban J connectivity index is 2.11. The lowest BCUT2D eigenvalue weighted by Gasteiger charge is -2.55. The van der Waals surface area contributed by atoms with Gasteiger partial charge in [-0.25, -0.2) is 0 Å². The minimum absolute atomic E-state index is 0.300. The number of hydrogen-bond acceptors (Lipinski definition) is 0. The number of benzene rings is 1. The van der Waals surface area contributed by atoms with Gasteiger partial charge in [-0.3, -0.25) is 0 Å². The van der Waals surface area contributed by atoms with E-state index < -0.39 is 0 Å². The normalized spacial score (nSPS) is 27.0. The Hall–Kier alpha value is -1.48. The summed E-state index contributed by atoms with van der Waals surface area (Å²) in [5.41, 5.74) is 7.70. The Labute approximate surface area is 155 Å². The standard InChI is InChI=1S/C25H34/c1-7-9-10-11-19-15-20(8-2)23-21(16-19)17-24(4,5)25(6)13-12-18(3)14-22(23)25/h2,14-16,22H,7,9-13,17H2,1,3-6H3. The van der Waals surface area contributed by atoms with Crippen molar-refractivity contribution < 1.29 is 0 Å². The second kappa shape index (κ2) is 6.68. The third-order valence-electron chi connectivity index (χ3n) is 7.22. The fourth-order valence-electron chi connectivity index (χ4n) is 5.14. The fourth-order valence-corrected chi connectivity index (χ4v) is 5.14. The first-order valence-corrected chi connectivity index (χ1v) is 10.1. The molecule has 2 unspecified atom stereocenters. The molecule has 0 radical (unpaired) electrons. The summed E-state index contributed by atoms with van der Waals surface area (Å²) in [6, 6.07) is 4.79. The third kappa shape index (κ3) is 3.08. The highest BCUT2D eigenvalue weighted by Crippen LogP contribution is 2.61. The number of allylic oxidation sites excluding steroid dienone is 2. The second-order valence-corrected chi connectivity index (χ2v) is 9.29. The van der Waals surface area contributed by atoms with Gasteiger partial charge in [-0.1, -0.05) is 64.2 Å². The molecule has 0 fully saturated rings. The zero-order valence-electron chi connectivity index (χ0n) is 16.8. The number of terminal acetylenes is 1. The number of fused-ring (bicyclic) bond motifs is 3. The van der Waals surface area contributed by atoms with Gasteiger partial charge in [-0.05, 0) is 72.6 Å². The molecule has 2 aliphatic carbocycles. The maximum atomic E-state index is 5.99. The summed E-state index contributed by atoms with van der Waals surface area (Å²) in [5, 5.41) is 0. The van der Waals surface area contributed by atoms with Crippen molar-refractivity contribution in [1.82, 2.24) is 0 Å². The van der Waals surface area contributed by atoms with Crippen LogP contribution in [-0.4, -0.2) is 0 Å². The minimum Gasteiger partial charge on any atom is -0.115 e. The minimum atomic E-state index is 0.300. The molecule has 0 bridgehead atoms. The molecule has 0 saturated carbocycles. The fraction of sp³-hybridized carbons (Fsp3) is 0.600. The highest BCUT2D eigenvalue weighted by molar-refractivity contribution is 5.54. The van der Waals surface area contributed by atoms with Crippen molar-refractivity contribution in [2.75, 3.05) is 0 Å². The highest BCUT2D eigenvalue weighted by atomic mass is 14.5. The molecule has 0 aromatic heterocycles. The number of hydrogen-bond donors (Lipinski definition) is 0. The molecule has 1 aromatic carbocycles. The van der Waals surface area contributed by atoms with E-state index in [-0.39, 0.29) is 0 Å². The van der Waals surface area contributed by atoms with Crippen molar-refractivity contribution >= 4 is 0 Å². The summed E-state index contributed by atoms with van der Waals surface area (Å²) in [6.07, 6.45) is 17.2. The van der Waals surface area contributed by atoms with Crippen LogP contribution in [-0.2, 0) is 12.8 Å². The van der Waals surface area contributed by atoms with Crippen molar-refractivity contribution in [3.8, 4) is 12.3 Å². The van der Waals surface area contributed by atoms with Gasteiger partial charge in [0.25, 0.3) is 0 Å². The molecule has 0 amide bonds. The monoisotopic (exact) mass is 334 g/mol. The summed E-state index contributed by atoms with van der Waals surface area (Å²) in [5.74, 6) is 3.52. The van der Waals surface area contributed by atoms with E-state index in [1.54, 1.807) is 0 Å². The Morgan fingerprint density at radius 1 is 1.20 bits per heavy atom. The Morgan fingerprint density at radius 3 is 2.64 bits per heavy atom. The van der Waals surface area contributed by atoms with Crippen LogP contribution in [0, 0.1) is 23.2 Å². The molecular formula is C25H34. The van der Waals surface area contributed by atoms with Crippen molar-refractivity contribution in [3.63, 3.8) is 0 Å². The van der Waals surface area contributed by atoms with Crippen LogP contribution < -0.4 is 0 Å². The summed E-state index contributed by atoms with van der Waals surface area (Å²) in [7, 11) is 0. The van der Waals surface area contributed by atoms with Gasteiger partial charge in [-0.15, -0.1) is 6.42 Å². The lowest BCUT2D eigenvalue weighted by Crippen LogP contribution is -2.46. The van der Waals surface area contributed by atoms with Crippen LogP contribution in [0.2, 0.25) is 0 Å². The molecule has 0 aliphatic heterocycles. The average Bonchev–Trinajstić information content (AvgIpc) is 2.56. The van der Waals surface area contributed by atoms with Crippen LogP contribution in [0.15, 0.2) is 23.8 Å². The van der Waals surface area contributed by atoms with Gasteiger partial charge in [-0.2, -0.15) is 0 Å². The summed E-state index contributed by atoms with van der Waals surface area (Å²) >= 11 is 0. The Kier molecular flexibility index (Phi) is 4.89. The van der Waals surface area contributed by atoms with Crippen molar-refractivity contribution in [1.29, 1.82) is 0 Å². The van der Waals surface area contributed by atoms with Crippen LogP contribution in [0.3, 0.4) is 0 Å². The smallest absolute Gasteiger partial charge is 0.0286 e. The summed E-state index contributed by atoms with van der Waals surface area (Å²) < 4.78 is 0. The molecule has 2 atom stereocenters. The number of aryl methyl sites for hydroxylation is 1. The van der Waals surface area contributed by atoms with E-state index in [0.717, 1.165) is 18.4 Å². The van der Waals surface area contributed by atoms with Crippen LogP contribution >= 0.6 is 0 Å². The lowest BCUT2D eigenvalue weighted by molar-refractivity contribution is 0.0421. The zero-order valence-corrected chi connectivity index (χ0v) is 16.8. The van der Waals surface area contributed by atoms with E-state index in [4.69, 9.17) is 6.42 Å². The van der Waals surface area contributed by atoms with E-state index in [9.17, 15) is 0 Å². The quantitative estimate of drug-likeness (QED) is 0.322. The van der Waals surface area contributed by atoms with E-state index in [2.05, 4.69) is 58.7 Å². The first-order valence-electron chi connectivity index (χ1n) is 10.1. The first kappa shape index (κ1) is 18.3. The topological polar surface area (TPSA) is 0 Å². The first-order chi connectivity index (χ1) is 11.8. The van der Waals surface area contributed by atoms with Gasteiger partial charge in [0, 0.05) is 11.5 Å². The molecular weight excluding hydrogens is 300 g/mol. The van der Waals surface area contributed by atoms with E-state index in [1.807, 2.05) is 0 Å². The van der Waals surface area contributed by atoms with Crippen molar-refractivity contribution in [3.05, 3.63) is 46.0 Å². The van der Waals surface area contributed by atoms with Crippen molar-refractivity contribution in [2.24, 2.45) is 10.8 Å². The van der Waals surface area contributed by atoms with E-state index >= 15 is 0 Å². The predicted molar refractivity (Wildman–Crippen MR) is 109 cm³/mol. The number of unbranched alkanes of at least 4 members (excludes halogenated alkanes) is 2. The molecule has 0 saturated heterocycles. The maximum absolute atomic E-state index is 5.99. The van der Waals surface area contributed by atoms with E-state index in [1.165, 1.54) is 54.4 Å². The molecule has 134 valence electrons. The Morgan fingerprint density at radius 2 is 1.96 bits per heavy atom. The van der Waals surface area contributed by atoms with Crippen LogP contribution in [0.5, 0.6) is 0 Å². The van der Waals surface area contributed by atoms with Gasteiger partial charge in [0.1, 0.15) is 0 Å². The maximum Gasteiger partial charge on any atom is 0.0286 e. The lowest BCUT2D eigenvalue weighted by atomic mass is 9.48.